The number of amides is 1. The number of carbonyl (C=O) groups excluding carboxylic acids is 1. The number of aliphatic hydroxyl groups is 1. The first kappa shape index (κ1) is 16.7. The number of hydrogen-bond acceptors (Lipinski definition) is 5. The number of hydrogen-bond donors (Lipinski definition) is 2. The van der Waals surface area contributed by atoms with Crippen molar-refractivity contribution in [1.29, 1.82) is 0 Å². The molecule has 0 aliphatic carbocycles. The summed E-state index contributed by atoms with van der Waals surface area (Å²) in [6.07, 6.45) is 3.37. The largest absolute Gasteiger partial charge is 0.385 e. The van der Waals surface area contributed by atoms with E-state index in [1.165, 1.54) is 4.31 Å². The Morgan fingerprint density at radius 3 is 2.76 bits per heavy atom. The maximum atomic E-state index is 12.3. The van der Waals surface area contributed by atoms with Gasteiger partial charge in [0, 0.05) is 26.1 Å². The van der Waals surface area contributed by atoms with E-state index in [1.807, 2.05) is 0 Å². The van der Waals surface area contributed by atoms with Crippen LogP contribution in [0, 0.1) is 0 Å². The molecule has 2 aliphatic heterocycles. The molecule has 2 saturated heterocycles. The number of nitrogens with one attached hydrogen (secondary N) is 1. The zero-order valence-electron chi connectivity index (χ0n) is 12.5. The molecule has 122 valence electrons. The van der Waals surface area contributed by atoms with Gasteiger partial charge in [0.1, 0.15) is 11.6 Å². The molecule has 7 nitrogen and oxygen atoms in total. The molecule has 3 atom stereocenters. The molecular formula is C13H24N2O5S. The van der Waals surface area contributed by atoms with Crippen LogP contribution in [0.5, 0.6) is 0 Å². The average molecular weight is 320 g/mol. The fourth-order valence-electron chi connectivity index (χ4n) is 2.92. The summed E-state index contributed by atoms with van der Waals surface area (Å²) in [6.45, 7) is 2.69. The Bertz CT molecular complexity index is 495. The molecule has 2 aliphatic rings. The third kappa shape index (κ3) is 3.74. The van der Waals surface area contributed by atoms with Crippen molar-refractivity contribution in [2.24, 2.45) is 0 Å². The summed E-state index contributed by atoms with van der Waals surface area (Å²) in [5, 5.41) is 13.1. The molecule has 2 rings (SSSR count). The monoisotopic (exact) mass is 320 g/mol. The summed E-state index contributed by atoms with van der Waals surface area (Å²) in [7, 11) is -3.40. The third-order valence-electron chi connectivity index (χ3n) is 4.41. The van der Waals surface area contributed by atoms with E-state index in [1.54, 1.807) is 6.92 Å². The van der Waals surface area contributed by atoms with Gasteiger partial charge in [0.2, 0.25) is 15.9 Å². The molecule has 2 N–H and O–H groups in total. The average Bonchev–Trinajstić information content (AvgIpc) is 2.75. The molecule has 2 heterocycles. The molecule has 0 radical (unpaired) electrons. The molecule has 0 spiro atoms. The standard InChI is InChI=1S/C13H24N2O5S/c1-10-13(17,6-8-20-10)9-14-12(16)11-5-3-4-7-15(11)21(2,18)19/h10-11,17H,3-9H2,1-2H3,(H,14,16). The minimum absolute atomic E-state index is 0.0844. The van der Waals surface area contributed by atoms with Crippen molar-refractivity contribution in [1.82, 2.24) is 9.62 Å². The predicted molar refractivity (Wildman–Crippen MR) is 77.2 cm³/mol. The Labute approximate surface area is 125 Å². The number of carbonyl (C=O) groups is 1. The molecule has 1 amide bonds. The van der Waals surface area contributed by atoms with Crippen molar-refractivity contribution in [3.05, 3.63) is 0 Å². The van der Waals surface area contributed by atoms with Gasteiger partial charge in [-0.3, -0.25) is 4.79 Å². The number of nitrogens with zero attached hydrogens (tertiary/aromatic N) is 1. The van der Waals surface area contributed by atoms with Gasteiger partial charge in [-0.25, -0.2) is 8.42 Å². The molecule has 0 aromatic heterocycles. The summed E-state index contributed by atoms with van der Waals surface area (Å²) in [5.74, 6) is -0.340. The van der Waals surface area contributed by atoms with Gasteiger partial charge >= 0.3 is 0 Å². The summed E-state index contributed by atoms with van der Waals surface area (Å²) >= 11 is 0. The lowest BCUT2D eigenvalue weighted by atomic mass is 9.96. The van der Waals surface area contributed by atoms with Crippen molar-refractivity contribution in [2.45, 2.75) is 50.4 Å². The fraction of sp³-hybridized carbons (Fsp3) is 0.923. The lowest BCUT2D eigenvalue weighted by Crippen LogP contribution is -2.55. The van der Waals surface area contributed by atoms with Gasteiger partial charge in [-0.15, -0.1) is 0 Å². The second kappa shape index (κ2) is 6.20. The summed E-state index contributed by atoms with van der Waals surface area (Å²) in [6, 6.07) is -0.671. The van der Waals surface area contributed by atoms with Gasteiger partial charge in [-0.2, -0.15) is 4.31 Å². The first-order valence-electron chi connectivity index (χ1n) is 7.32. The van der Waals surface area contributed by atoms with Crippen LogP contribution in [0.25, 0.3) is 0 Å². The van der Waals surface area contributed by atoms with Crippen molar-refractivity contribution in [3.8, 4) is 0 Å². The zero-order chi connectivity index (χ0) is 15.7. The smallest absolute Gasteiger partial charge is 0.238 e. The van der Waals surface area contributed by atoms with Crippen molar-refractivity contribution >= 4 is 15.9 Å². The molecule has 0 aromatic carbocycles. The number of ether oxygens (including phenoxy) is 1. The van der Waals surface area contributed by atoms with Gasteiger partial charge in [0.05, 0.1) is 12.4 Å². The molecule has 0 bridgehead atoms. The van der Waals surface area contributed by atoms with Gasteiger partial charge in [0.15, 0.2) is 0 Å². The van der Waals surface area contributed by atoms with E-state index in [4.69, 9.17) is 4.74 Å². The van der Waals surface area contributed by atoms with Crippen molar-refractivity contribution < 1.29 is 23.1 Å². The zero-order valence-corrected chi connectivity index (χ0v) is 13.4. The highest BCUT2D eigenvalue weighted by Crippen LogP contribution is 2.25. The second-order valence-electron chi connectivity index (χ2n) is 5.97. The summed E-state index contributed by atoms with van der Waals surface area (Å²) in [4.78, 5) is 12.3. The van der Waals surface area contributed by atoms with Gasteiger partial charge < -0.3 is 15.2 Å². The molecule has 21 heavy (non-hydrogen) atoms. The Morgan fingerprint density at radius 2 is 2.19 bits per heavy atom. The lowest BCUT2D eigenvalue weighted by molar-refractivity contribution is -0.127. The van der Waals surface area contributed by atoms with Crippen LogP contribution >= 0.6 is 0 Å². The highest BCUT2D eigenvalue weighted by Gasteiger charge is 2.41. The number of rotatable bonds is 4. The minimum Gasteiger partial charge on any atom is -0.385 e. The third-order valence-corrected chi connectivity index (χ3v) is 5.70. The number of sulfonamides is 1. The van der Waals surface area contributed by atoms with Gasteiger partial charge in [-0.1, -0.05) is 6.42 Å². The first-order chi connectivity index (χ1) is 9.74. The summed E-state index contributed by atoms with van der Waals surface area (Å²) in [5.41, 5.74) is -1.07. The Hall–Kier alpha value is -0.700. The molecule has 2 fully saturated rings. The second-order valence-corrected chi connectivity index (χ2v) is 7.90. The van der Waals surface area contributed by atoms with E-state index in [0.29, 0.717) is 26.0 Å². The van der Waals surface area contributed by atoms with Crippen molar-refractivity contribution in [3.63, 3.8) is 0 Å². The van der Waals surface area contributed by atoms with Crippen LogP contribution in [0.15, 0.2) is 0 Å². The van der Waals surface area contributed by atoms with Crippen LogP contribution in [0.2, 0.25) is 0 Å². The van der Waals surface area contributed by atoms with Gasteiger partial charge in [-0.05, 0) is 19.8 Å². The predicted octanol–water partition coefficient (Wildman–Crippen LogP) is -0.543. The highest BCUT2D eigenvalue weighted by atomic mass is 32.2. The highest BCUT2D eigenvalue weighted by molar-refractivity contribution is 7.88. The first-order valence-corrected chi connectivity index (χ1v) is 9.17. The SMILES string of the molecule is CC1OCCC1(O)CNC(=O)C1CCCCN1S(C)(=O)=O. The van der Waals surface area contributed by atoms with E-state index in [-0.39, 0.29) is 18.6 Å². The van der Waals surface area contributed by atoms with E-state index >= 15 is 0 Å². The van der Waals surface area contributed by atoms with Crippen molar-refractivity contribution in [2.75, 3.05) is 26.0 Å². The van der Waals surface area contributed by atoms with E-state index in [0.717, 1.165) is 19.1 Å². The van der Waals surface area contributed by atoms with Crippen LogP contribution in [0.1, 0.15) is 32.6 Å². The molecule has 0 aromatic rings. The molecule has 3 unspecified atom stereocenters. The van der Waals surface area contributed by atoms with Gasteiger partial charge in [0.25, 0.3) is 0 Å². The lowest BCUT2D eigenvalue weighted by Gasteiger charge is -2.34. The Kier molecular flexibility index (Phi) is 4.92. The Morgan fingerprint density at radius 1 is 1.48 bits per heavy atom. The fourth-order valence-corrected chi connectivity index (χ4v) is 4.05. The molecule has 0 saturated carbocycles. The number of piperidine rings is 1. The maximum Gasteiger partial charge on any atom is 0.238 e. The minimum atomic E-state index is -3.40. The van der Waals surface area contributed by atoms with E-state index < -0.39 is 21.7 Å². The summed E-state index contributed by atoms with van der Waals surface area (Å²) < 4.78 is 30.1. The molecular weight excluding hydrogens is 296 g/mol. The topological polar surface area (TPSA) is 95.9 Å². The normalized spacial score (nSPS) is 34.8. The van der Waals surface area contributed by atoms with E-state index in [2.05, 4.69) is 5.32 Å². The van der Waals surface area contributed by atoms with Crippen LogP contribution in [-0.2, 0) is 19.6 Å². The Balaban J connectivity index is 1.98. The molecule has 8 heteroatoms. The van der Waals surface area contributed by atoms with Crippen LogP contribution in [-0.4, -0.2) is 67.4 Å². The van der Waals surface area contributed by atoms with Crippen LogP contribution < -0.4 is 5.32 Å². The van der Waals surface area contributed by atoms with Crippen LogP contribution in [0.4, 0.5) is 0 Å². The van der Waals surface area contributed by atoms with E-state index in [9.17, 15) is 18.3 Å². The van der Waals surface area contributed by atoms with Crippen LogP contribution in [0.3, 0.4) is 0 Å². The quantitative estimate of drug-likeness (QED) is 0.725. The maximum absolute atomic E-state index is 12.3.